The number of hydrogen-bond acceptors (Lipinski definition) is 2. The van der Waals surface area contributed by atoms with Crippen molar-refractivity contribution in [2.75, 3.05) is 13.1 Å². The van der Waals surface area contributed by atoms with Gasteiger partial charge in [-0.05, 0) is 31.9 Å². The summed E-state index contributed by atoms with van der Waals surface area (Å²) < 4.78 is 0. The SMILES string of the molecule is C=CC(=O)C1(CC)CCCNC1. The summed E-state index contributed by atoms with van der Waals surface area (Å²) in [6.45, 7) is 7.50. The van der Waals surface area contributed by atoms with Gasteiger partial charge in [-0.3, -0.25) is 4.79 Å². The lowest BCUT2D eigenvalue weighted by molar-refractivity contribution is -0.125. The first-order chi connectivity index (χ1) is 5.75. The van der Waals surface area contributed by atoms with Crippen LogP contribution in [0.25, 0.3) is 0 Å². The molecular formula is C10H17NO. The summed E-state index contributed by atoms with van der Waals surface area (Å²) in [5.74, 6) is 0.206. The molecule has 0 spiro atoms. The van der Waals surface area contributed by atoms with Crippen LogP contribution in [0, 0.1) is 5.41 Å². The molecule has 1 aliphatic heterocycles. The van der Waals surface area contributed by atoms with E-state index in [1.165, 1.54) is 6.08 Å². The van der Waals surface area contributed by atoms with E-state index < -0.39 is 0 Å². The first-order valence-electron chi connectivity index (χ1n) is 4.63. The summed E-state index contributed by atoms with van der Waals surface area (Å²) in [5.41, 5.74) is -0.139. The Hall–Kier alpha value is -0.630. The predicted octanol–water partition coefficient (Wildman–Crippen LogP) is 1.52. The summed E-state index contributed by atoms with van der Waals surface area (Å²) in [6.07, 6.45) is 4.51. The first-order valence-corrected chi connectivity index (χ1v) is 4.63. The molecule has 1 N–H and O–H groups in total. The van der Waals surface area contributed by atoms with Gasteiger partial charge in [0.05, 0.1) is 0 Å². The number of carbonyl (C=O) groups is 1. The Morgan fingerprint density at radius 1 is 1.75 bits per heavy atom. The minimum absolute atomic E-state index is 0.139. The quantitative estimate of drug-likeness (QED) is 0.646. The fraction of sp³-hybridized carbons (Fsp3) is 0.700. The Balaban J connectivity index is 2.72. The first kappa shape index (κ1) is 9.46. The largest absolute Gasteiger partial charge is 0.316 e. The standard InChI is InChI=1S/C10H17NO/c1-3-9(12)10(4-2)6-5-7-11-8-10/h3,11H,1,4-8H2,2H3. The molecule has 1 heterocycles. The number of carbonyl (C=O) groups excluding carboxylic acids is 1. The summed E-state index contributed by atoms with van der Waals surface area (Å²) in [5, 5.41) is 3.27. The van der Waals surface area contributed by atoms with E-state index in [1.807, 2.05) is 0 Å². The fourth-order valence-corrected chi connectivity index (χ4v) is 1.87. The van der Waals surface area contributed by atoms with Crippen LogP contribution in [0.5, 0.6) is 0 Å². The molecule has 1 fully saturated rings. The van der Waals surface area contributed by atoms with Crippen molar-refractivity contribution in [3.63, 3.8) is 0 Å². The van der Waals surface area contributed by atoms with E-state index in [1.54, 1.807) is 0 Å². The van der Waals surface area contributed by atoms with Gasteiger partial charge in [0.2, 0.25) is 0 Å². The van der Waals surface area contributed by atoms with Gasteiger partial charge in [0, 0.05) is 12.0 Å². The molecule has 2 heteroatoms. The van der Waals surface area contributed by atoms with Crippen LogP contribution < -0.4 is 5.32 Å². The maximum atomic E-state index is 11.6. The minimum Gasteiger partial charge on any atom is -0.316 e. The lowest BCUT2D eigenvalue weighted by atomic mass is 9.75. The molecule has 0 aromatic rings. The van der Waals surface area contributed by atoms with Crippen molar-refractivity contribution in [1.82, 2.24) is 5.32 Å². The second-order valence-corrected chi connectivity index (χ2v) is 3.48. The lowest BCUT2D eigenvalue weighted by Gasteiger charge is -2.34. The average Bonchev–Trinajstić information content (AvgIpc) is 2.17. The zero-order chi connectivity index (χ0) is 9.03. The van der Waals surface area contributed by atoms with Gasteiger partial charge in [0.15, 0.2) is 5.78 Å². The third kappa shape index (κ3) is 1.58. The minimum atomic E-state index is -0.139. The molecule has 0 saturated carbocycles. The third-order valence-electron chi connectivity index (χ3n) is 2.86. The van der Waals surface area contributed by atoms with E-state index in [-0.39, 0.29) is 11.2 Å². The molecule has 0 radical (unpaired) electrons. The van der Waals surface area contributed by atoms with Crippen molar-refractivity contribution >= 4 is 5.78 Å². The van der Waals surface area contributed by atoms with Crippen molar-refractivity contribution in [2.45, 2.75) is 26.2 Å². The van der Waals surface area contributed by atoms with Crippen molar-refractivity contribution < 1.29 is 4.79 Å². The molecule has 0 bridgehead atoms. The van der Waals surface area contributed by atoms with Gasteiger partial charge in [0.25, 0.3) is 0 Å². The lowest BCUT2D eigenvalue weighted by Crippen LogP contribution is -2.44. The molecule has 0 aromatic heterocycles. The molecule has 1 aliphatic rings. The van der Waals surface area contributed by atoms with Crippen molar-refractivity contribution in [3.05, 3.63) is 12.7 Å². The third-order valence-corrected chi connectivity index (χ3v) is 2.86. The Labute approximate surface area is 74.0 Å². The molecule has 1 rings (SSSR count). The van der Waals surface area contributed by atoms with E-state index in [0.717, 1.165) is 32.4 Å². The second kappa shape index (κ2) is 3.85. The Kier molecular flexibility index (Phi) is 3.04. The van der Waals surface area contributed by atoms with Gasteiger partial charge < -0.3 is 5.32 Å². The second-order valence-electron chi connectivity index (χ2n) is 3.48. The van der Waals surface area contributed by atoms with Crippen LogP contribution in [0.2, 0.25) is 0 Å². The molecule has 0 amide bonds. The molecule has 0 aliphatic carbocycles. The maximum Gasteiger partial charge on any atom is 0.162 e. The summed E-state index contributed by atoms with van der Waals surface area (Å²) in [7, 11) is 0. The summed E-state index contributed by atoms with van der Waals surface area (Å²) >= 11 is 0. The molecule has 68 valence electrons. The number of ketones is 1. The van der Waals surface area contributed by atoms with E-state index in [4.69, 9.17) is 0 Å². The van der Waals surface area contributed by atoms with E-state index in [0.29, 0.717) is 0 Å². The van der Waals surface area contributed by atoms with E-state index in [2.05, 4.69) is 18.8 Å². The van der Waals surface area contributed by atoms with Crippen LogP contribution in [0.1, 0.15) is 26.2 Å². The summed E-state index contributed by atoms with van der Waals surface area (Å²) in [6, 6.07) is 0. The topological polar surface area (TPSA) is 29.1 Å². The van der Waals surface area contributed by atoms with E-state index >= 15 is 0 Å². The van der Waals surface area contributed by atoms with E-state index in [9.17, 15) is 4.79 Å². The number of rotatable bonds is 3. The Morgan fingerprint density at radius 2 is 2.50 bits per heavy atom. The molecule has 1 unspecified atom stereocenters. The van der Waals surface area contributed by atoms with Gasteiger partial charge in [-0.25, -0.2) is 0 Å². The molecule has 2 nitrogen and oxygen atoms in total. The molecule has 12 heavy (non-hydrogen) atoms. The van der Waals surface area contributed by atoms with Crippen LogP contribution >= 0.6 is 0 Å². The summed E-state index contributed by atoms with van der Waals surface area (Å²) in [4.78, 5) is 11.6. The highest BCUT2D eigenvalue weighted by Gasteiger charge is 2.35. The van der Waals surface area contributed by atoms with Crippen LogP contribution in [-0.2, 0) is 4.79 Å². The normalized spacial score (nSPS) is 29.8. The Morgan fingerprint density at radius 3 is 2.92 bits per heavy atom. The maximum absolute atomic E-state index is 11.6. The van der Waals surface area contributed by atoms with Crippen LogP contribution in [0.3, 0.4) is 0 Å². The molecular weight excluding hydrogens is 150 g/mol. The average molecular weight is 167 g/mol. The van der Waals surface area contributed by atoms with Gasteiger partial charge in [0.1, 0.15) is 0 Å². The zero-order valence-corrected chi connectivity index (χ0v) is 7.73. The number of hydrogen-bond donors (Lipinski definition) is 1. The van der Waals surface area contributed by atoms with Crippen molar-refractivity contribution in [1.29, 1.82) is 0 Å². The van der Waals surface area contributed by atoms with Crippen LogP contribution in [0.15, 0.2) is 12.7 Å². The van der Waals surface area contributed by atoms with Gasteiger partial charge in [-0.1, -0.05) is 13.5 Å². The van der Waals surface area contributed by atoms with Gasteiger partial charge in [-0.2, -0.15) is 0 Å². The van der Waals surface area contributed by atoms with Crippen molar-refractivity contribution in [2.24, 2.45) is 5.41 Å². The van der Waals surface area contributed by atoms with Gasteiger partial charge >= 0.3 is 0 Å². The molecule has 1 saturated heterocycles. The highest BCUT2D eigenvalue weighted by molar-refractivity contribution is 5.94. The number of allylic oxidation sites excluding steroid dienone is 1. The number of nitrogens with one attached hydrogen (secondary N) is 1. The van der Waals surface area contributed by atoms with Crippen LogP contribution in [0.4, 0.5) is 0 Å². The Bertz CT molecular complexity index is 180. The van der Waals surface area contributed by atoms with Crippen LogP contribution in [-0.4, -0.2) is 18.9 Å². The fourth-order valence-electron chi connectivity index (χ4n) is 1.87. The highest BCUT2D eigenvalue weighted by atomic mass is 16.1. The number of piperidine rings is 1. The predicted molar refractivity (Wildman–Crippen MR) is 50.0 cm³/mol. The highest BCUT2D eigenvalue weighted by Crippen LogP contribution is 2.31. The molecule has 0 aromatic carbocycles. The van der Waals surface area contributed by atoms with Crippen molar-refractivity contribution in [3.8, 4) is 0 Å². The zero-order valence-electron chi connectivity index (χ0n) is 7.73. The molecule has 1 atom stereocenters. The monoisotopic (exact) mass is 167 g/mol. The smallest absolute Gasteiger partial charge is 0.162 e. The van der Waals surface area contributed by atoms with Gasteiger partial charge in [-0.15, -0.1) is 0 Å².